The van der Waals surface area contributed by atoms with Gasteiger partial charge in [0.2, 0.25) is 0 Å². The van der Waals surface area contributed by atoms with E-state index in [0.29, 0.717) is 24.4 Å². The number of methoxy groups -OCH3 is 1. The van der Waals surface area contributed by atoms with E-state index in [9.17, 15) is 4.79 Å². The number of hydrogen-bond acceptors (Lipinski definition) is 6. The third-order valence-electron chi connectivity index (χ3n) is 7.70. The second-order valence-electron chi connectivity index (χ2n) is 11.2. The Labute approximate surface area is 216 Å². The molecule has 1 N–H and O–H groups in total. The molecule has 0 aliphatic carbocycles. The van der Waals surface area contributed by atoms with Crippen molar-refractivity contribution < 1.29 is 14.3 Å². The third-order valence-corrected chi connectivity index (χ3v) is 7.70. The van der Waals surface area contributed by atoms with Gasteiger partial charge in [0.1, 0.15) is 12.0 Å². The van der Waals surface area contributed by atoms with Gasteiger partial charge in [0.15, 0.2) is 0 Å². The lowest BCUT2D eigenvalue weighted by atomic mass is 9.86. The van der Waals surface area contributed by atoms with Gasteiger partial charge in [0.25, 0.3) is 5.91 Å². The maximum Gasteiger partial charge on any atom is 0.272 e. The lowest BCUT2D eigenvalue weighted by Gasteiger charge is -2.38. The summed E-state index contributed by atoms with van der Waals surface area (Å²) in [5.74, 6) is 0.0185. The molecule has 2 aliphatic heterocycles. The van der Waals surface area contributed by atoms with Crippen LogP contribution in [0.4, 0.5) is 0 Å². The zero-order valence-corrected chi connectivity index (χ0v) is 22.5. The molecule has 0 saturated carbocycles. The molecule has 0 spiro atoms. The normalized spacial score (nSPS) is 21.5. The lowest BCUT2D eigenvalue weighted by molar-refractivity contribution is -0.0533. The number of nitrogens with zero attached hydrogens (tertiary/aromatic N) is 3. The first-order valence-corrected chi connectivity index (χ1v) is 13.3. The van der Waals surface area contributed by atoms with Crippen molar-refractivity contribution in [2.24, 2.45) is 0 Å². The van der Waals surface area contributed by atoms with Crippen LogP contribution in [0, 0.1) is 6.92 Å². The van der Waals surface area contributed by atoms with Crippen molar-refractivity contribution in [3.8, 4) is 0 Å². The zero-order valence-electron chi connectivity index (χ0n) is 22.5. The summed E-state index contributed by atoms with van der Waals surface area (Å²) in [6, 6.07) is 9.54. The highest BCUT2D eigenvalue weighted by atomic mass is 16.5. The average molecular weight is 495 g/mol. The Morgan fingerprint density at radius 2 is 1.83 bits per heavy atom. The van der Waals surface area contributed by atoms with E-state index in [-0.39, 0.29) is 17.4 Å². The molecule has 0 bridgehead atoms. The van der Waals surface area contributed by atoms with Gasteiger partial charge in [-0.3, -0.25) is 4.79 Å². The maximum atomic E-state index is 13.4. The molecule has 2 atom stereocenters. The zero-order chi connectivity index (χ0) is 25.7. The fourth-order valence-corrected chi connectivity index (χ4v) is 5.23. The van der Waals surface area contributed by atoms with E-state index in [2.05, 4.69) is 60.3 Å². The standard InChI is InChI=1S/C29H42N4O3/c1-20-24(11-8-21-6-9-22(10-7-21)29(2,3)4)30-19-31-27(20)28(34)33-15-12-23(13-16-33)32-25-14-17-36-18-26(25)35-5/h6-7,9-10,19,23,25-26,32H,8,11-18H2,1-5H3/t25-,26+/m0/s1. The molecule has 2 aromatic rings. The highest BCUT2D eigenvalue weighted by molar-refractivity contribution is 5.93. The van der Waals surface area contributed by atoms with Gasteiger partial charge in [0, 0.05) is 50.1 Å². The fraction of sp³-hybridized carbons (Fsp3) is 0.621. The minimum absolute atomic E-state index is 0.0185. The monoisotopic (exact) mass is 494 g/mol. The van der Waals surface area contributed by atoms with Crippen LogP contribution in [0.15, 0.2) is 30.6 Å². The van der Waals surface area contributed by atoms with Crippen LogP contribution in [0.25, 0.3) is 0 Å². The summed E-state index contributed by atoms with van der Waals surface area (Å²) in [7, 11) is 1.75. The first kappa shape index (κ1) is 26.7. The molecular formula is C29H42N4O3. The molecule has 2 fully saturated rings. The summed E-state index contributed by atoms with van der Waals surface area (Å²) >= 11 is 0. The summed E-state index contributed by atoms with van der Waals surface area (Å²) in [6.45, 7) is 11.5. The second-order valence-corrected chi connectivity index (χ2v) is 11.2. The highest BCUT2D eigenvalue weighted by Crippen LogP contribution is 2.23. The van der Waals surface area contributed by atoms with E-state index >= 15 is 0 Å². The lowest BCUT2D eigenvalue weighted by Crippen LogP contribution is -2.54. The van der Waals surface area contributed by atoms with Crippen molar-refractivity contribution in [3.05, 3.63) is 58.7 Å². The summed E-state index contributed by atoms with van der Waals surface area (Å²) in [4.78, 5) is 24.2. The van der Waals surface area contributed by atoms with E-state index in [4.69, 9.17) is 9.47 Å². The van der Waals surface area contributed by atoms with Crippen LogP contribution < -0.4 is 5.32 Å². The Bertz CT molecular complexity index is 1010. The molecule has 2 saturated heterocycles. The first-order valence-electron chi connectivity index (χ1n) is 13.3. The van der Waals surface area contributed by atoms with E-state index in [1.54, 1.807) is 13.4 Å². The molecule has 7 heteroatoms. The van der Waals surface area contributed by atoms with Crippen molar-refractivity contribution in [3.63, 3.8) is 0 Å². The smallest absolute Gasteiger partial charge is 0.272 e. The number of piperidine rings is 1. The average Bonchev–Trinajstić information content (AvgIpc) is 2.88. The van der Waals surface area contributed by atoms with Gasteiger partial charge in [0.05, 0.1) is 12.7 Å². The summed E-state index contributed by atoms with van der Waals surface area (Å²) in [5.41, 5.74) is 5.16. The minimum Gasteiger partial charge on any atom is -0.379 e. The molecule has 1 aromatic carbocycles. The Balaban J connectivity index is 1.32. The molecule has 0 unspecified atom stereocenters. The van der Waals surface area contributed by atoms with Gasteiger partial charge < -0.3 is 19.7 Å². The van der Waals surface area contributed by atoms with Crippen LogP contribution >= 0.6 is 0 Å². The van der Waals surface area contributed by atoms with Gasteiger partial charge in [-0.25, -0.2) is 9.97 Å². The molecule has 7 nitrogen and oxygen atoms in total. The van der Waals surface area contributed by atoms with Crippen molar-refractivity contribution in [1.82, 2.24) is 20.2 Å². The Morgan fingerprint density at radius 3 is 2.50 bits per heavy atom. The van der Waals surface area contributed by atoms with Crippen molar-refractivity contribution in [2.45, 2.75) is 83.4 Å². The Kier molecular flexibility index (Phi) is 8.75. The number of benzene rings is 1. The summed E-state index contributed by atoms with van der Waals surface area (Å²) in [5, 5.41) is 3.75. The van der Waals surface area contributed by atoms with Gasteiger partial charge >= 0.3 is 0 Å². The molecule has 196 valence electrons. The largest absolute Gasteiger partial charge is 0.379 e. The molecule has 4 rings (SSSR count). The van der Waals surface area contributed by atoms with Crippen LogP contribution in [0.5, 0.6) is 0 Å². The van der Waals surface area contributed by atoms with Crippen LogP contribution in [-0.2, 0) is 27.7 Å². The number of nitrogens with one attached hydrogen (secondary N) is 1. The molecule has 0 radical (unpaired) electrons. The Hall–Kier alpha value is -2.35. The SMILES string of the molecule is CO[C@@H]1COCC[C@@H]1NC1CCN(C(=O)c2ncnc(CCc3ccc(C(C)(C)C)cc3)c2C)CC1. The summed E-state index contributed by atoms with van der Waals surface area (Å²) < 4.78 is 11.1. The topological polar surface area (TPSA) is 76.6 Å². The number of hydrogen-bond donors (Lipinski definition) is 1. The molecule has 2 aliphatic rings. The maximum absolute atomic E-state index is 13.4. The van der Waals surface area contributed by atoms with Gasteiger partial charge in [-0.05, 0) is 55.6 Å². The van der Waals surface area contributed by atoms with Crippen LogP contribution in [-0.4, -0.2) is 72.4 Å². The predicted molar refractivity (Wildman–Crippen MR) is 141 cm³/mol. The number of likely N-dealkylation sites (tertiary alicyclic amines) is 1. The molecular weight excluding hydrogens is 452 g/mol. The quantitative estimate of drug-likeness (QED) is 0.630. The van der Waals surface area contributed by atoms with E-state index in [1.807, 2.05) is 11.8 Å². The van der Waals surface area contributed by atoms with Crippen LogP contribution in [0.1, 0.15) is 72.9 Å². The molecule has 3 heterocycles. The van der Waals surface area contributed by atoms with Crippen molar-refractivity contribution in [1.29, 1.82) is 0 Å². The van der Waals surface area contributed by atoms with E-state index in [0.717, 1.165) is 63.1 Å². The Morgan fingerprint density at radius 1 is 1.11 bits per heavy atom. The van der Waals surface area contributed by atoms with Crippen LogP contribution in [0.2, 0.25) is 0 Å². The van der Waals surface area contributed by atoms with Gasteiger partial charge in [-0.15, -0.1) is 0 Å². The summed E-state index contributed by atoms with van der Waals surface area (Å²) in [6.07, 6.45) is 6.14. The fourth-order valence-electron chi connectivity index (χ4n) is 5.23. The highest BCUT2D eigenvalue weighted by Gasteiger charge is 2.31. The first-order chi connectivity index (χ1) is 17.3. The minimum atomic E-state index is 0.0185. The molecule has 1 aromatic heterocycles. The second kappa shape index (κ2) is 11.8. The van der Waals surface area contributed by atoms with Crippen molar-refractivity contribution >= 4 is 5.91 Å². The van der Waals surface area contributed by atoms with Gasteiger partial charge in [-0.2, -0.15) is 0 Å². The van der Waals surface area contributed by atoms with Gasteiger partial charge in [-0.1, -0.05) is 45.0 Å². The van der Waals surface area contributed by atoms with Crippen LogP contribution in [0.3, 0.4) is 0 Å². The number of ether oxygens (including phenoxy) is 2. The van der Waals surface area contributed by atoms with E-state index < -0.39 is 0 Å². The number of carbonyl (C=O) groups is 1. The number of amides is 1. The third kappa shape index (κ3) is 6.50. The number of carbonyl (C=O) groups excluding carboxylic acids is 1. The number of rotatable bonds is 7. The van der Waals surface area contributed by atoms with Crippen molar-refractivity contribution in [2.75, 3.05) is 33.4 Å². The molecule has 1 amide bonds. The number of aryl methyl sites for hydroxylation is 2. The van der Waals surface area contributed by atoms with E-state index in [1.165, 1.54) is 11.1 Å². The number of aromatic nitrogens is 2. The molecule has 36 heavy (non-hydrogen) atoms. The predicted octanol–water partition coefficient (Wildman–Crippen LogP) is 3.87.